The Kier molecular flexibility index (Phi) is 4.35. The first-order chi connectivity index (χ1) is 14.2. The zero-order chi connectivity index (χ0) is 19.8. The molecular weight excluding hydrogens is 360 g/mol. The topological polar surface area (TPSA) is 51.0 Å². The van der Waals surface area contributed by atoms with E-state index in [4.69, 9.17) is 0 Å². The summed E-state index contributed by atoms with van der Waals surface area (Å²) in [6, 6.07) is 18.4. The second kappa shape index (κ2) is 7.17. The summed E-state index contributed by atoms with van der Waals surface area (Å²) in [6.07, 6.45) is 5.46. The number of rotatable bonds is 3. The van der Waals surface area contributed by atoms with E-state index in [2.05, 4.69) is 47.3 Å². The molecular formula is C24H22N4O. The predicted molar refractivity (Wildman–Crippen MR) is 114 cm³/mol. The highest BCUT2D eigenvalue weighted by molar-refractivity contribution is 6.07. The predicted octanol–water partition coefficient (Wildman–Crippen LogP) is 4.38. The largest absolute Gasteiger partial charge is 0.308 e. The van der Waals surface area contributed by atoms with Gasteiger partial charge >= 0.3 is 0 Å². The summed E-state index contributed by atoms with van der Waals surface area (Å²) in [7, 11) is 0. The molecule has 1 aliphatic heterocycles. The average molecular weight is 382 g/mol. The second-order valence-corrected chi connectivity index (χ2v) is 7.62. The highest BCUT2D eigenvalue weighted by Crippen LogP contribution is 2.29. The molecule has 0 N–H and O–H groups in total. The minimum Gasteiger partial charge on any atom is -0.308 e. The van der Waals surface area contributed by atoms with Crippen LogP contribution in [0.25, 0.3) is 11.0 Å². The summed E-state index contributed by atoms with van der Waals surface area (Å²) in [5, 5.41) is 5.36. The minimum absolute atomic E-state index is 0.0000115. The summed E-state index contributed by atoms with van der Waals surface area (Å²) in [6.45, 7) is 3.48. The lowest BCUT2D eigenvalue weighted by molar-refractivity contribution is 0.0985. The molecule has 0 bridgehead atoms. The molecule has 2 aromatic carbocycles. The molecule has 0 unspecified atom stereocenters. The smallest absolute Gasteiger partial charge is 0.259 e. The summed E-state index contributed by atoms with van der Waals surface area (Å²) in [5.74, 6) is 0.0000115. The standard InChI is InChI=1S/C24H22N4O/c1-17-9-10-22-19(12-17)8-5-11-27(22)24(29)21-13-20-15-26-28(23(20)25-14-21)16-18-6-3-2-4-7-18/h2-4,6-7,9-10,12-15H,5,8,11,16H2,1H3. The first-order valence-corrected chi connectivity index (χ1v) is 9.96. The van der Waals surface area contributed by atoms with Gasteiger partial charge in [-0.15, -0.1) is 0 Å². The van der Waals surface area contributed by atoms with E-state index in [1.807, 2.05) is 33.8 Å². The number of fused-ring (bicyclic) bond motifs is 2. The molecule has 2 aromatic heterocycles. The second-order valence-electron chi connectivity index (χ2n) is 7.62. The molecule has 0 saturated heterocycles. The number of hydrogen-bond donors (Lipinski definition) is 0. The van der Waals surface area contributed by atoms with Crippen molar-refractivity contribution in [3.05, 3.63) is 89.2 Å². The van der Waals surface area contributed by atoms with Crippen molar-refractivity contribution in [3.8, 4) is 0 Å². The van der Waals surface area contributed by atoms with Crippen LogP contribution < -0.4 is 4.90 Å². The van der Waals surface area contributed by atoms with Gasteiger partial charge in [0.25, 0.3) is 5.91 Å². The molecule has 4 aromatic rings. The van der Waals surface area contributed by atoms with E-state index in [-0.39, 0.29) is 5.91 Å². The van der Waals surface area contributed by atoms with Crippen LogP contribution in [0.1, 0.15) is 33.5 Å². The molecule has 3 heterocycles. The van der Waals surface area contributed by atoms with Gasteiger partial charge in [0.05, 0.1) is 18.3 Å². The molecule has 0 aliphatic carbocycles. The van der Waals surface area contributed by atoms with Crippen LogP contribution in [-0.2, 0) is 13.0 Å². The van der Waals surface area contributed by atoms with Gasteiger partial charge in [0.1, 0.15) is 0 Å². The number of pyridine rings is 1. The van der Waals surface area contributed by atoms with Crippen molar-refractivity contribution in [2.24, 2.45) is 0 Å². The fraction of sp³-hybridized carbons (Fsp3) is 0.208. The maximum Gasteiger partial charge on any atom is 0.259 e. The number of aryl methyl sites for hydroxylation is 2. The van der Waals surface area contributed by atoms with Gasteiger partial charge in [-0.1, -0.05) is 48.0 Å². The van der Waals surface area contributed by atoms with Crippen LogP contribution in [0.15, 0.2) is 67.0 Å². The van der Waals surface area contributed by atoms with Gasteiger partial charge in [0.15, 0.2) is 5.65 Å². The van der Waals surface area contributed by atoms with Crippen molar-refractivity contribution in [1.29, 1.82) is 0 Å². The third kappa shape index (κ3) is 3.29. The van der Waals surface area contributed by atoms with Crippen LogP contribution in [0.2, 0.25) is 0 Å². The van der Waals surface area contributed by atoms with Crippen LogP contribution >= 0.6 is 0 Å². The molecule has 0 radical (unpaired) electrons. The first-order valence-electron chi connectivity index (χ1n) is 9.96. The lowest BCUT2D eigenvalue weighted by Crippen LogP contribution is -2.35. The van der Waals surface area contributed by atoms with E-state index in [0.717, 1.165) is 36.1 Å². The Bertz CT molecular complexity index is 1200. The van der Waals surface area contributed by atoms with Crippen molar-refractivity contribution in [2.45, 2.75) is 26.3 Å². The van der Waals surface area contributed by atoms with Gasteiger partial charge in [-0.05, 0) is 43.0 Å². The normalized spacial score (nSPS) is 13.5. The molecule has 1 amide bonds. The molecule has 0 spiro atoms. The number of hydrogen-bond acceptors (Lipinski definition) is 3. The highest BCUT2D eigenvalue weighted by Gasteiger charge is 2.24. The van der Waals surface area contributed by atoms with Gasteiger partial charge in [-0.25, -0.2) is 9.67 Å². The third-order valence-corrected chi connectivity index (χ3v) is 5.50. The van der Waals surface area contributed by atoms with E-state index >= 15 is 0 Å². The van der Waals surface area contributed by atoms with Crippen molar-refractivity contribution in [3.63, 3.8) is 0 Å². The van der Waals surface area contributed by atoms with Crippen LogP contribution in [0.4, 0.5) is 5.69 Å². The van der Waals surface area contributed by atoms with Gasteiger partial charge in [0, 0.05) is 23.8 Å². The van der Waals surface area contributed by atoms with Crippen molar-refractivity contribution in [2.75, 3.05) is 11.4 Å². The molecule has 1 aliphatic rings. The Balaban J connectivity index is 1.45. The Morgan fingerprint density at radius 1 is 1.07 bits per heavy atom. The third-order valence-electron chi connectivity index (χ3n) is 5.50. The summed E-state index contributed by atoms with van der Waals surface area (Å²) >= 11 is 0. The molecule has 5 rings (SSSR count). The van der Waals surface area contributed by atoms with Gasteiger partial charge in [-0.2, -0.15) is 5.10 Å². The molecule has 29 heavy (non-hydrogen) atoms. The van der Waals surface area contributed by atoms with Gasteiger partial charge < -0.3 is 4.90 Å². The first kappa shape index (κ1) is 17.6. The average Bonchev–Trinajstić information content (AvgIpc) is 3.15. The van der Waals surface area contributed by atoms with Crippen LogP contribution in [0.3, 0.4) is 0 Å². The van der Waals surface area contributed by atoms with Crippen LogP contribution in [-0.4, -0.2) is 27.2 Å². The van der Waals surface area contributed by atoms with Crippen molar-refractivity contribution >= 4 is 22.6 Å². The van der Waals surface area contributed by atoms with E-state index < -0.39 is 0 Å². The SMILES string of the molecule is Cc1ccc2c(c1)CCCN2C(=O)c1cnc2c(cnn2Cc2ccccc2)c1. The number of amides is 1. The van der Waals surface area contributed by atoms with Gasteiger partial charge in [0.2, 0.25) is 0 Å². The van der Waals surface area contributed by atoms with E-state index in [1.54, 1.807) is 12.4 Å². The number of benzene rings is 2. The Morgan fingerprint density at radius 2 is 1.93 bits per heavy atom. The zero-order valence-corrected chi connectivity index (χ0v) is 16.4. The van der Waals surface area contributed by atoms with Crippen molar-refractivity contribution in [1.82, 2.24) is 14.8 Å². The quantitative estimate of drug-likeness (QED) is 0.528. The molecule has 5 heteroatoms. The van der Waals surface area contributed by atoms with Crippen LogP contribution in [0, 0.1) is 6.92 Å². The van der Waals surface area contributed by atoms with E-state index in [1.165, 1.54) is 16.7 Å². The summed E-state index contributed by atoms with van der Waals surface area (Å²) in [4.78, 5) is 19.7. The monoisotopic (exact) mass is 382 g/mol. The highest BCUT2D eigenvalue weighted by atomic mass is 16.2. The maximum atomic E-state index is 13.2. The Hall–Kier alpha value is -3.47. The lowest BCUT2D eigenvalue weighted by Gasteiger charge is -2.29. The molecule has 5 nitrogen and oxygen atoms in total. The Morgan fingerprint density at radius 3 is 2.79 bits per heavy atom. The summed E-state index contributed by atoms with van der Waals surface area (Å²) < 4.78 is 1.87. The van der Waals surface area contributed by atoms with E-state index in [9.17, 15) is 4.79 Å². The summed E-state index contributed by atoms with van der Waals surface area (Å²) in [5.41, 5.74) is 6.05. The number of anilines is 1. The molecule has 0 saturated carbocycles. The lowest BCUT2D eigenvalue weighted by atomic mass is 9.99. The zero-order valence-electron chi connectivity index (χ0n) is 16.4. The number of aromatic nitrogens is 3. The number of carbonyl (C=O) groups excluding carboxylic acids is 1. The fourth-order valence-corrected chi connectivity index (χ4v) is 4.05. The van der Waals surface area contributed by atoms with Gasteiger partial charge in [-0.3, -0.25) is 4.79 Å². The fourth-order valence-electron chi connectivity index (χ4n) is 4.05. The van der Waals surface area contributed by atoms with E-state index in [0.29, 0.717) is 12.1 Å². The molecule has 0 atom stereocenters. The maximum absolute atomic E-state index is 13.2. The minimum atomic E-state index is 0.0000115. The molecule has 0 fully saturated rings. The Labute approximate surface area is 169 Å². The van der Waals surface area contributed by atoms with Crippen molar-refractivity contribution < 1.29 is 4.79 Å². The number of nitrogens with zero attached hydrogens (tertiary/aromatic N) is 4. The number of carbonyl (C=O) groups is 1. The van der Waals surface area contributed by atoms with Crippen LogP contribution in [0.5, 0.6) is 0 Å². The molecule has 144 valence electrons.